The van der Waals surface area contributed by atoms with Gasteiger partial charge in [0.15, 0.2) is 0 Å². The van der Waals surface area contributed by atoms with Crippen molar-refractivity contribution >= 4 is 11.8 Å². The average molecular weight is 264 g/mol. The predicted molar refractivity (Wildman–Crippen MR) is 74.5 cm³/mol. The summed E-state index contributed by atoms with van der Waals surface area (Å²) < 4.78 is 0. The van der Waals surface area contributed by atoms with Crippen molar-refractivity contribution in [2.75, 3.05) is 6.54 Å². The van der Waals surface area contributed by atoms with Crippen LogP contribution in [0.2, 0.25) is 0 Å². The van der Waals surface area contributed by atoms with Crippen molar-refractivity contribution in [3.05, 3.63) is 12.7 Å². The zero-order valence-corrected chi connectivity index (χ0v) is 11.9. The minimum atomic E-state index is -0.781. The first-order valence-corrected chi connectivity index (χ1v) is 7.22. The second kappa shape index (κ2) is 5.35. The third-order valence-corrected chi connectivity index (χ3v) is 4.48. The van der Waals surface area contributed by atoms with Crippen LogP contribution >= 0.6 is 0 Å². The standard InChI is InChI=1S/C15H24N2O2/c1-4-10-17-13(18)12(11-8-6-5-7-9-11)16-14(19)15(17,2)3/h4,11-12H,1,5-10H2,2-3H3,(H,16,19). The van der Waals surface area contributed by atoms with Gasteiger partial charge in [0, 0.05) is 6.54 Å². The number of nitrogens with one attached hydrogen (secondary N) is 1. The Morgan fingerprint density at radius 2 is 1.95 bits per heavy atom. The molecule has 2 rings (SSSR count). The van der Waals surface area contributed by atoms with Gasteiger partial charge >= 0.3 is 0 Å². The second-order valence-corrected chi connectivity index (χ2v) is 6.15. The summed E-state index contributed by atoms with van der Waals surface area (Å²) >= 11 is 0. The molecular formula is C15H24N2O2. The van der Waals surface area contributed by atoms with Crippen molar-refractivity contribution in [2.45, 2.75) is 57.5 Å². The first-order valence-electron chi connectivity index (χ1n) is 7.22. The van der Waals surface area contributed by atoms with Crippen LogP contribution in [0.25, 0.3) is 0 Å². The molecule has 2 aliphatic rings. The molecule has 2 amide bonds. The number of hydrogen-bond donors (Lipinski definition) is 1. The molecule has 1 saturated heterocycles. The number of carbonyl (C=O) groups is 2. The van der Waals surface area contributed by atoms with Crippen LogP contribution < -0.4 is 5.32 Å². The smallest absolute Gasteiger partial charge is 0.246 e. The highest BCUT2D eigenvalue weighted by Gasteiger charge is 2.47. The molecule has 1 saturated carbocycles. The lowest BCUT2D eigenvalue weighted by molar-refractivity contribution is -0.156. The quantitative estimate of drug-likeness (QED) is 0.791. The third-order valence-electron chi connectivity index (χ3n) is 4.48. The van der Waals surface area contributed by atoms with Crippen LogP contribution in [0.4, 0.5) is 0 Å². The zero-order chi connectivity index (χ0) is 14.0. The van der Waals surface area contributed by atoms with Crippen LogP contribution in [0.1, 0.15) is 46.0 Å². The number of piperazine rings is 1. The molecule has 0 radical (unpaired) electrons. The largest absolute Gasteiger partial charge is 0.342 e. The first kappa shape index (κ1) is 14.1. The molecule has 1 heterocycles. The van der Waals surface area contributed by atoms with Gasteiger partial charge in [-0.3, -0.25) is 9.59 Å². The van der Waals surface area contributed by atoms with E-state index < -0.39 is 5.54 Å². The molecule has 1 aliphatic carbocycles. The van der Waals surface area contributed by atoms with Gasteiger partial charge in [0.05, 0.1) is 0 Å². The van der Waals surface area contributed by atoms with E-state index in [4.69, 9.17) is 0 Å². The number of carbonyl (C=O) groups excluding carboxylic acids is 2. The first-order chi connectivity index (χ1) is 8.98. The lowest BCUT2D eigenvalue weighted by Crippen LogP contribution is -2.69. The summed E-state index contributed by atoms with van der Waals surface area (Å²) in [5.74, 6) is 0.300. The summed E-state index contributed by atoms with van der Waals surface area (Å²) in [7, 11) is 0. The summed E-state index contributed by atoms with van der Waals surface area (Å²) in [4.78, 5) is 26.6. The van der Waals surface area contributed by atoms with Gasteiger partial charge in [-0.25, -0.2) is 0 Å². The number of hydrogen-bond acceptors (Lipinski definition) is 2. The van der Waals surface area contributed by atoms with E-state index in [1.54, 1.807) is 24.8 Å². The van der Waals surface area contributed by atoms with E-state index in [1.807, 2.05) is 0 Å². The number of rotatable bonds is 3. The maximum Gasteiger partial charge on any atom is 0.246 e. The van der Waals surface area contributed by atoms with Gasteiger partial charge in [-0.15, -0.1) is 6.58 Å². The average Bonchev–Trinajstić information content (AvgIpc) is 2.40. The summed E-state index contributed by atoms with van der Waals surface area (Å²) in [5.41, 5.74) is -0.781. The molecule has 0 aromatic rings. The maximum absolute atomic E-state index is 12.6. The van der Waals surface area contributed by atoms with Crippen molar-refractivity contribution in [2.24, 2.45) is 5.92 Å². The van der Waals surface area contributed by atoms with E-state index in [9.17, 15) is 9.59 Å². The number of amides is 2. The van der Waals surface area contributed by atoms with E-state index in [-0.39, 0.29) is 17.9 Å². The van der Waals surface area contributed by atoms with Crippen molar-refractivity contribution in [3.8, 4) is 0 Å². The molecule has 1 aliphatic heterocycles. The Balaban J connectivity index is 2.20. The normalized spacial score (nSPS) is 28.1. The van der Waals surface area contributed by atoms with Gasteiger partial charge < -0.3 is 10.2 Å². The van der Waals surface area contributed by atoms with E-state index in [0.717, 1.165) is 25.7 Å². The second-order valence-electron chi connectivity index (χ2n) is 6.15. The fraction of sp³-hybridized carbons (Fsp3) is 0.733. The molecule has 4 nitrogen and oxygen atoms in total. The molecule has 0 aromatic carbocycles. The molecule has 2 fully saturated rings. The molecule has 106 valence electrons. The van der Waals surface area contributed by atoms with E-state index in [2.05, 4.69) is 11.9 Å². The lowest BCUT2D eigenvalue weighted by atomic mass is 9.81. The Morgan fingerprint density at radius 1 is 1.32 bits per heavy atom. The van der Waals surface area contributed by atoms with Crippen molar-refractivity contribution in [3.63, 3.8) is 0 Å². The Kier molecular flexibility index (Phi) is 3.97. The van der Waals surface area contributed by atoms with Crippen LogP contribution in [-0.2, 0) is 9.59 Å². The van der Waals surface area contributed by atoms with Gasteiger partial charge in [-0.05, 0) is 32.6 Å². The summed E-state index contributed by atoms with van der Waals surface area (Å²) in [6.07, 6.45) is 7.34. The van der Waals surface area contributed by atoms with Crippen LogP contribution in [-0.4, -0.2) is 34.8 Å². The highest BCUT2D eigenvalue weighted by Crippen LogP contribution is 2.31. The molecule has 0 bridgehead atoms. The third kappa shape index (κ3) is 2.53. The van der Waals surface area contributed by atoms with Gasteiger partial charge in [-0.2, -0.15) is 0 Å². The molecule has 1 unspecified atom stereocenters. The van der Waals surface area contributed by atoms with Crippen LogP contribution in [0.3, 0.4) is 0 Å². The molecule has 0 spiro atoms. The fourth-order valence-electron chi connectivity index (χ4n) is 3.18. The lowest BCUT2D eigenvalue weighted by Gasteiger charge is -2.46. The predicted octanol–water partition coefficient (Wildman–Crippen LogP) is 1.86. The van der Waals surface area contributed by atoms with E-state index in [1.165, 1.54) is 6.42 Å². The Labute approximate surface area is 115 Å². The molecular weight excluding hydrogens is 240 g/mol. The summed E-state index contributed by atoms with van der Waals surface area (Å²) in [6, 6.07) is -0.333. The number of nitrogens with zero attached hydrogens (tertiary/aromatic N) is 1. The fourth-order valence-corrected chi connectivity index (χ4v) is 3.18. The molecule has 1 N–H and O–H groups in total. The van der Waals surface area contributed by atoms with Gasteiger partial charge in [0.25, 0.3) is 0 Å². The monoisotopic (exact) mass is 264 g/mol. The van der Waals surface area contributed by atoms with Gasteiger partial charge in [-0.1, -0.05) is 25.3 Å². The van der Waals surface area contributed by atoms with Crippen molar-refractivity contribution < 1.29 is 9.59 Å². The highest BCUT2D eigenvalue weighted by molar-refractivity contribution is 5.99. The van der Waals surface area contributed by atoms with Gasteiger partial charge in [0.1, 0.15) is 11.6 Å². The van der Waals surface area contributed by atoms with Gasteiger partial charge in [0.2, 0.25) is 11.8 Å². The minimum absolute atomic E-state index is 0.0514. The SMILES string of the molecule is C=CCN1C(=O)C(C2CCCCC2)NC(=O)C1(C)C. The molecule has 0 aromatic heterocycles. The Morgan fingerprint density at radius 3 is 2.53 bits per heavy atom. The summed E-state index contributed by atoms with van der Waals surface area (Å²) in [5, 5.41) is 2.95. The Hall–Kier alpha value is -1.32. The molecule has 1 atom stereocenters. The van der Waals surface area contributed by atoms with Crippen LogP contribution in [0, 0.1) is 5.92 Å². The van der Waals surface area contributed by atoms with E-state index in [0.29, 0.717) is 12.5 Å². The van der Waals surface area contributed by atoms with Crippen molar-refractivity contribution in [1.82, 2.24) is 10.2 Å². The topological polar surface area (TPSA) is 49.4 Å². The van der Waals surface area contributed by atoms with Crippen LogP contribution in [0.15, 0.2) is 12.7 Å². The highest BCUT2D eigenvalue weighted by atomic mass is 16.2. The molecule has 19 heavy (non-hydrogen) atoms. The minimum Gasteiger partial charge on any atom is -0.342 e. The van der Waals surface area contributed by atoms with Crippen molar-refractivity contribution in [1.29, 1.82) is 0 Å². The van der Waals surface area contributed by atoms with E-state index >= 15 is 0 Å². The molecule has 4 heteroatoms. The zero-order valence-electron chi connectivity index (χ0n) is 11.9. The maximum atomic E-state index is 12.6. The van der Waals surface area contributed by atoms with Crippen LogP contribution in [0.5, 0.6) is 0 Å². The Bertz CT molecular complexity index is 384. The summed E-state index contributed by atoms with van der Waals surface area (Å²) in [6.45, 7) is 7.71.